The van der Waals surface area contributed by atoms with Gasteiger partial charge in [0.1, 0.15) is 23.7 Å². The number of hydrogen-bond acceptors (Lipinski definition) is 8. The molecule has 37 heavy (non-hydrogen) atoms. The van der Waals surface area contributed by atoms with Gasteiger partial charge in [0.15, 0.2) is 5.76 Å². The lowest BCUT2D eigenvalue weighted by molar-refractivity contribution is -0.384. The lowest BCUT2D eigenvalue weighted by Crippen LogP contribution is -2.20. The van der Waals surface area contributed by atoms with Crippen molar-refractivity contribution in [3.63, 3.8) is 0 Å². The largest absolute Gasteiger partial charge is 0.496 e. The second-order valence-corrected chi connectivity index (χ2v) is 7.88. The van der Waals surface area contributed by atoms with Gasteiger partial charge in [-0.2, -0.15) is 9.78 Å². The molecule has 0 N–H and O–H groups in total. The number of non-ortho nitro benzene ring substituents is 1. The van der Waals surface area contributed by atoms with E-state index in [0.717, 1.165) is 4.68 Å². The van der Waals surface area contributed by atoms with E-state index in [1.807, 2.05) is 0 Å². The summed E-state index contributed by atoms with van der Waals surface area (Å²) in [6.07, 6.45) is 2.87. The summed E-state index contributed by atoms with van der Waals surface area (Å²) in [5.41, 5.74) is 0.718. The molecule has 0 aliphatic carbocycles. The zero-order chi connectivity index (χ0) is 25.9. The zero-order valence-corrected chi connectivity index (χ0v) is 19.7. The van der Waals surface area contributed by atoms with Crippen LogP contribution in [0, 0.1) is 10.1 Å². The highest BCUT2D eigenvalue weighted by atomic mass is 16.6. The molecular weight excluding hydrogens is 476 g/mol. The Hall–Kier alpha value is -5.25. The first-order chi connectivity index (χ1) is 18.0. The first kappa shape index (κ1) is 23.5. The topological polar surface area (TPSA) is 122 Å². The van der Waals surface area contributed by atoms with E-state index in [2.05, 4.69) is 16.7 Å². The van der Waals surface area contributed by atoms with E-state index in [9.17, 15) is 14.9 Å². The van der Waals surface area contributed by atoms with Crippen molar-refractivity contribution in [2.45, 2.75) is 0 Å². The number of aromatic nitrogens is 2. The molecule has 0 fully saturated rings. The van der Waals surface area contributed by atoms with Crippen LogP contribution in [0.25, 0.3) is 33.5 Å². The van der Waals surface area contributed by atoms with E-state index in [0.29, 0.717) is 44.7 Å². The first-order valence-corrected chi connectivity index (χ1v) is 11.2. The maximum atomic E-state index is 13.5. The van der Waals surface area contributed by atoms with Crippen LogP contribution in [-0.2, 0) is 0 Å². The monoisotopic (exact) mass is 496 g/mol. The van der Waals surface area contributed by atoms with Crippen LogP contribution in [0.15, 0.2) is 93.7 Å². The summed E-state index contributed by atoms with van der Waals surface area (Å²) in [6.45, 7) is 3.80. The molecular formula is C27H20N4O6. The highest BCUT2D eigenvalue weighted by Crippen LogP contribution is 2.33. The van der Waals surface area contributed by atoms with Crippen molar-refractivity contribution in [2.24, 2.45) is 5.10 Å². The quantitative estimate of drug-likeness (QED) is 0.126. The van der Waals surface area contributed by atoms with E-state index in [4.69, 9.17) is 13.9 Å². The van der Waals surface area contributed by atoms with Crippen molar-refractivity contribution in [2.75, 3.05) is 13.7 Å². The van der Waals surface area contributed by atoms with E-state index < -0.39 is 10.5 Å². The molecule has 0 amide bonds. The third-order valence-corrected chi connectivity index (χ3v) is 5.59. The fourth-order valence-electron chi connectivity index (χ4n) is 3.86. The van der Waals surface area contributed by atoms with Crippen LogP contribution in [0.5, 0.6) is 11.5 Å². The maximum absolute atomic E-state index is 13.5. The van der Waals surface area contributed by atoms with Crippen molar-refractivity contribution >= 4 is 33.8 Å². The number of nitro benzene ring substituents is 1. The fraction of sp³-hybridized carbons (Fsp3) is 0.0741. The van der Waals surface area contributed by atoms with Gasteiger partial charge < -0.3 is 13.9 Å². The minimum absolute atomic E-state index is 0.150. The highest BCUT2D eigenvalue weighted by Gasteiger charge is 2.18. The Morgan fingerprint density at radius 3 is 2.73 bits per heavy atom. The average molecular weight is 496 g/mol. The summed E-state index contributed by atoms with van der Waals surface area (Å²) >= 11 is 0. The number of ether oxygens (including phenoxy) is 2. The zero-order valence-electron chi connectivity index (χ0n) is 19.7. The van der Waals surface area contributed by atoms with Gasteiger partial charge >= 0.3 is 0 Å². The average Bonchev–Trinajstić information content (AvgIpc) is 3.36. The molecule has 5 aromatic rings. The Bertz CT molecular complexity index is 1750. The predicted molar refractivity (Wildman–Crippen MR) is 140 cm³/mol. The van der Waals surface area contributed by atoms with Crippen LogP contribution < -0.4 is 15.0 Å². The predicted octanol–water partition coefficient (Wildman–Crippen LogP) is 5.17. The molecule has 0 radical (unpaired) electrons. The summed E-state index contributed by atoms with van der Waals surface area (Å²) in [5, 5.41) is 16.8. The number of para-hydroxylation sites is 1. The lowest BCUT2D eigenvalue weighted by Gasteiger charge is -2.09. The molecule has 0 atom stereocenters. The van der Waals surface area contributed by atoms with E-state index in [1.165, 1.54) is 24.4 Å². The van der Waals surface area contributed by atoms with E-state index >= 15 is 0 Å². The van der Waals surface area contributed by atoms with Crippen LogP contribution in [0.3, 0.4) is 0 Å². The maximum Gasteiger partial charge on any atom is 0.282 e. The molecule has 0 aliphatic rings. The number of furan rings is 1. The molecule has 0 aliphatic heterocycles. The molecule has 0 saturated heterocycles. The molecule has 10 heteroatoms. The highest BCUT2D eigenvalue weighted by molar-refractivity contribution is 5.89. The summed E-state index contributed by atoms with van der Waals surface area (Å²) in [7, 11) is 1.56. The van der Waals surface area contributed by atoms with Gasteiger partial charge in [-0.25, -0.2) is 4.98 Å². The van der Waals surface area contributed by atoms with Gasteiger partial charge in [0.2, 0.25) is 5.82 Å². The van der Waals surface area contributed by atoms with Crippen LogP contribution in [0.2, 0.25) is 0 Å². The number of methoxy groups -OCH3 is 1. The summed E-state index contributed by atoms with van der Waals surface area (Å²) in [5.74, 6) is 1.39. The second kappa shape index (κ2) is 9.78. The van der Waals surface area contributed by atoms with Gasteiger partial charge in [-0.3, -0.25) is 14.9 Å². The molecule has 3 aromatic carbocycles. The molecule has 0 saturated carbocycles. The molecule has 0 spiro atoms. The third-order valence-electron chi connectivity index (χ3n) is 5.59. The van der Waals surface area contributed by atoms with Gasteiger partial charge in [-0.05, 0) is 36.4 Å². The van der Waals surface area contributed by atoms with Crippen molar-refractivity contribution in [1.82, 2.24) is 9.66 Å². The third kappa shape index (κ3) is 4.43. The molecule has 184 valence electrons. The Labute approximate surface area is 209 Å². The molecule has 5 rings (SSSR count). The Balaban J connectivity index is 1.72. The van der Waals surface area contributed by atoms with Crippen molar-refractivity contribution in [3.8, 4) is 23.1 Å². The summed E-state index contributed by atoms with van der Waals surface area (Å²) in [4.78, 5) is 29.0. The van der Waals surface area contributed by atoms with Crippen LogP contribution in [-0.4, -0.2) is 34.5 Å². The van der Waals surface area contributed by atoms with Gasteiger partial charge in [-0.15, -0.1) is 0 Å². The van der Waals surface area contributed by atoms with E-state index in [-0.39, 0.29) is 18.1 Å². The minimum atomic E-state index is -0.522. The van der Waals surface area contributed by atoms with Gasteiger partial charge in [0.25, 0.3) is 11.2 Å². The molecule has 10 nitrogen and oxygen atoms in total. The Morgan fingerprint density at radius 1 is 1.11 bits per heavy atom. The van der Waals surface area contributed by atoms with Crippen LogP contribution >= 0.6 is 0 Å². The number of fused-ring (bicyclic) bond motifs is 2. The van der Waals surface area contributed by atoms with Crippen molar-refractivity contribution in [1.29, 1.82) is 0 Å². The smallest absolute Gasteiger partial charge is 0.282 e. The van der Waals surface area contributed by atoms with Gasteiger partial charge in [0, 0.05) is 17.7 Å². The molecule has 0 unspecified atom stereocenters. The second-order valence-electron chi connectivity index (χ2n) is 7.88. The number of benzene rings is 3. The molecule has 2 heterocycles. The van der Waals surface area contributed by atoms with E-state index in [1.54, 1.807) is 61.7 Å². The summed E-state index contributed by atoms with van der Waals surface area (Å²) < 4.78 is 18.2. The number of hydrogen-bond donors (Lipinski definition) is 0. The van der Waals surface area contributed by atoms with Crippen LogP contribution in [0.4, 0.5) is 5.69 Å². The summed E-state index contributed by atoms with van der Waals surface area (Å²) in [6, 6.07) is 18.1. The van der Waals surface area contributed by atoms with Crippen molar-refractivity contribution < 1.29 is 18.8 Å². The number of nitrogens with zero attached hydrogens (tertiary/aromatic N) is 4. The number of nitro groups is 1. The van der Waals surface area contributed by atoms with Gasteiger partial charge in [-0.1, -0.05) is 30.9 Å². The molecule has 0 bridgehead atoms. The van der Waals surface area contributed by atoms with Gasteiger partial charge in [0.05, 0.1) is 34.5 Å². The van der Waals surface area contributed by atoms with Crippen LogP contribution in [0.1, 0.15) is 5.56 Å². The Morgan fingerprint density at radius 2 is 1.95 bits per heavy atom. The standard InChI is InChI=1S/C27H20N4O6/c1-3-13-36-22-12-11-18(31(33)34)14-17(22)16-28-30-26(29-21-8-5-4-7-19(21)27(30)32)25-15-20-23(35-2)9-6-10-24(20)37-25/h3-12,14-16H,1,13H2,2H3. The normalized spacial score (nSPS) is 11.3. The number of rotatable bonds is 8. The Kier molecular flexibility index (Phi) is 6.21. The molecule has 2 aromatic heterocycles. The van der Waals surface area contributed by atoms with Crippen molar-refractivity contribution in [3.05, 3.63) is 105 Å². The SMILES string of the molecule is C=CCOc1ccc([N+](=O)[O-])cc1C=Nn1c(-c2cc3c(OC)cccc3o2)nc2ccccc2c1=O. The first-order valence-electron chi connectivity index (χ1n) is 11.2. The fourth-order valence-corrected chi connectivity index (χ4v) is 3.86. The lowest BCUT2D eigenvalue weighted by atomic mass is 10.2. The minimum Gasteiger partial charge on any atom is -0.496 e.